The van der Waals surface area contributed by atoms with E-state index in [1.807, 2.05) is 6.26 Å². The molecule has 1 fully saturated rings. The SMILES string of the molecule is CSCCC1O[C@H](O)C(O)C(O)[C@@H]1O. The molecule has 1 rings (SSSR count). The highest BCUT2D eigenvalue weighted by Gasteiger charge is 2.42. The van der Waals surface area contributed by atoms with Crippen molar-refractivity contribution in [2.75, 3.05) is 12.0 Å². The molecule has 0 radical (unpaired) electrons. The monoisotopic (exact) mass is 224 g/mol. The Morgan fingerprint density at radius 2 is 1.71 bits per heavy atom. The molecule has 0 aromatic rings. The van der Waals surface area contributed by atoms with Crippen molar-refractivity contribution in [3.05, 3.63) is 0 Å². The Morgan fingerprint density at radius 3 is 2.29 bits per heavy atom. The van der Waals surface area contributed by atoms with Crippen molar-refractivity contribution in [3.63, 3.8) is 0 Å². The first kappa shape index (κ1) is 12.2. The fourth-order valence-corrected chi connectivity index (χ4v) is 1.87. The molecule has 1 aliphatic heterocycles. The first-order chi connectivity index (χ1) is 6.57. The fraction of sp³-hybridized carbons (Fsp3) is 1.00. The van der Waals surface area contributed by atoms with Crippen LogP contribution in [0.25, 0.3) is 0 Å². The van der Waals surface area contributed by atoms with Crippen LogP contribution in [-0.2, 0) is 4.74 Å². The van der Waals surface area contributed by atoms with E-state index in [1.165, 1.54) is 0 Å². The summed E-state index contributed by atoms with van der Waals surface area (Å²) in [6, 6.07) is 0. The molecule has 0 saturated carbocycles. The molecule has 0 aromatic heterocycles. The predicted octanol–water partition coefficient (Wildman–Crippen LogP) is -1.46. The molecule has 3 unspecified atom stereocenters. The van der Waals surface area contributed by atoms with Crippen molar-refractivity contribution in [2.24, 2.45) is 0 Å². The average Bonchev–Trinajstić information content (AvgIpc) is 2.18. The van der Waals surface area contributed by atoms with Crippen molar-refractivity contribution in [2.45, 2.75) is 37.1 Å². The van der Waals surface area contributed by atoms with Gasteiger partial charge in [0.2, 0.25) is 0 Å². The van der Waals surface area contributed by atoms with Crippen molar-refractivity contribution in [1.29, 1.82) is 0 Å². The normalized spacial score (nSPS) is 43.9. The molecule has 84 valence electrons. The first-order valence-corrected chi connectivity index (χ1v) is 5.84. The van der Waals surface area contributed by atoms with E-state index in [0.717, 1.165) is 5.75 Å². The quantitative estimate of drug-likeness (QED) is 0.468. The molecule has 14 heavy (non-hydrogen) atoms. The van der Waals surface area contributed by atoms with Crippen LogP contribution >= 0.6 is 11.8 Å². The van der Waals surface area contributed by atoms with E-state index in [9.17, 15) is 15.3 Å². The maximum atomic E-state index is 9.50. The smallest absolute Gasteiger partial charge is 0.183 e. The zero-order valence-electron chi connectivity index (χ0n) is 7.91. The fourth-order valence-electron chi connectivity index (χ4n) is 1.40. The van der Waals surface area contributed by atoms with Gasteiger partial charge in [-0.2, -0.15) is 11.8 Å². The van der Waals surface area contributed by atoms with Crippen LogP contribution in [-0.4, -0.2) is 63.1 Å². The van der Waals surface area contributed by atoms with Crippen LogP contribution in [0.3, 0.4) is 0 Å². The van der Waals surface area contributed by atoms with Gasteiger partial charge in [-0.25, -0.2) is 0 Å². The van der Waals surface area contributed by atoms with E-state index in [-0.39, 0.29) is 0 Å². The third-order valence-corrected chi connectivity index (χ3v) is 2.94. The Kier molecular flexibility index (Phi) is 4.62. The van der Waals surface area contributed by atoms with Gasteiger partial charge < -0.3 is 25.2 Å². The van der Waals surface area contributed by atoms with Crippen molar-refractivity contribution < 1.29 is 25.2 Å². The molecule has 0 spiro atoms. The minimum absolute atomic E-state index is 0.531. The lowest BCUT2D eigenvalue weighted by atomic mass is 9.97. The second-order valence-corrected chi connectivity index (χ2v) is 4.30. The second kappa shape index (κ2) is 5.29. The molecule has 0 bridgehead atoms. The number of aliphatic hydroxyl groups is 4. The van der Waals surface area contributed by atoms with Crippen LogP contribution in [0.5, 0.6) is 0 Å². The van der Waals surface area contributed by atoms with Crippen LogP contribution in [0.15, 0.2) is 0 Å². The summed E-state index contributed by atoms with van der Waals surface area (Å²) in [5.74, 6) is 0.761. The topological polar surface area (TPSA) is 90.2 Å². The molecule has 1 saturated heterocycles. The van der Waals surface area contributed by atoms with Crippen molar-refractivity contribution in [1.82, 2.24) is 0 Å². The maximum absolute atomic E-state index is 9.50. The predicted molar refractivity (Wildman–Crippen MR) is 51.9 cm³/mol. The standard InChI is InChI=1S/C8H16O5S/c1-14-3-2-4-5(9)6(10)7(11)8(12)13-4/h4-12H,2-3H2,1H3/t4?,5-,6?,7?,8+/m1/s1. The van der Waals surface area contributed by atoms with Gasteiger partial charge in [-0.1, -0.05) is 0 Å². The van der Waals surface area contributed by atoms with E-state index in [4.69, 9.17) is 9.84 Å². The van der Waals surface area contributed by atoms with Crippen LogP contribution < -0.4 is 0 Å². The molecule has 0 aliphatic carbocycles. The van der Waals surface area contributed by atoms with Gasteiger partial charge in [0, 0.05) is 0 Å². The molecule has 6 heteroatoms. The third kappa shape index (κ3) is 2.59. The van der Waals surface area contributed by atoms with E-state index >= 15 is 0 Å². The summed E-state index contributed by atoms with van der Waals surface area (Å²) < 4.78 is 4.97. The number of rotatable bonds is 3. The molecule has 5 atom stereocenters. The average molecular weight is 224 g/mol. The molecule has 4 N–H and O–H groups in total. The maximum Gasteiger partial charge on any atom is 0.183 e. The van der Waals surface area contributed by atoms with Crippen molar-refractivity contribution >= 4 is 11.8 Å². The van der Waals surface area contributed by atoms with E-state index < -0.39 is 30.7 Å². The highest BCUT2D eigenvalue weighted by molar-refractivity contribution is 7.98. The van der Waals surface area contributed by atoms with Gasteiger partial charge in [-0.3, -0.25) is 0 Å². The van der Waals surface area contributed by atoms with E-state index in [2.05, 4.69) is 0 Å². The van der Waals surface area contributed by atoms with E-state index in [0.29, 0.717) is 6.42 Å². The van der Waals surface area contributed by atoms with E-state index in [1.54, 1.807) is 11.8 Å². The molecular weight excluding hydrogens is 208 g/mol. The number of hydrogen-bond donors (Lipinski definition) is 4. The summed E-state index contributed by atoms with van der Waals surface area (Å²) in [5, 5.41) is 37.2. The second-order valence-electron chi connectivity index (χ2n) is 3.32. The third-order valence-electron chi connectivity index (χ3n) is 2.29. The van der Waals surface area contributed by atoms with Crippen LogP contribution in [0.1, 0.15) is 6.42 Å². The lowest BCUT2D eigenvalue weighted by Crippen LogP contribution is -2.57. The zero-order valence-corrected chi connectivity index (χ0v) is 8.72. The molecule has 1 heterocycles. The van der Waals surface area contributed by atoms with Gasteiger partial charge in [-0.05, 0) is 18.4 Å². The van der Waals surface area contributed by atoms with Gasteiger partial charge in [0.15, 0.2) is 6.29 Å². The number of hydrogen-bond acceptors (Lipinski definition) is 6. The summed E-state index contributed by atoms with van der Waals surface area (Å²) in [5.41, 5.74) is 0. The van der Waals surface area contributed by atoms with Gasteiger partial charge in [0.25, 0.3) is 0 Å². The lowest BCUT2D eigenvalue weighted by molar-refractivity contribution is -0.281. The molecule has 0 amide bonds. The summed E-state index contributed by atoms with van der Waals surface area (Å²) in [6.07, 6.45) is -3.50. The molecule has 0 aromatic carbocycles. The number of thioether (sulfide) groups is 1. The van der Waals surface area contributed by atoms with Crippen LogP contribution in [0.2, 0.25) is 0 Å². The number of ether oxygens (including phenoxy) is 1. The highest BCUT2D eigenvalue weighted by atomic mass is 32.2. The Bertz CT molecular complexity index is 179. The van der Waals surface area contributed by atoms with Gasteiger partial charge in [0.1, 0.15) is 18.3 Å². The Labute approximate surface area is 86.7 Å². The summed E-state index contributed by atoms with van der Waals surface area (Å²) in [7, 11) is 0. The van der Waals surface area contributed by atoms with Gasteiger partial charge in [-0.15, -0.1) is 0 Å². The van der Waals surface area contributed by atoms with Gasteiger partial charge >= 0.3 is 0 Å². The van der Waals surface area contributed by atoms with Crippen LogP contribution in [0, 0.1) is 0 Å². The Balaban J connectivity index is 2.52. The summed E-state index contributed by atoms with van der Waals surface area (Å²) >= 11 is 1.58. The van der Waals surface area contributed by atoms with Gasteiger partial charge in [0.05, 0.1) is 6.10 Å². The Hall–Kier alpha value is 0.150. The zero-order chi connectivity index (χ0) is 10.7. The largest absolute Gasteiger partial charge is 0.388 e. The highest BCUT2D eigenvalue weighted by Crippen LogP contribution is 2.22. The molecule has 1 aliphatic rings. The Morgan fingerprint density at radius 1 is 1.07 bits per heavy atom. The lowest BCUT2D eigenvalue weighted by Gasteiger charge is -2.38. The van der Waals surface area contributed by atoms with Crippen molar-refractivity contribution in [3.8, 4) is 0 Å². The van der Waals surface area contributed by atoms with Crippen LogP contribution in [0.4, 0.5) is 0 Å². The number of aliphatic hydroxyl groups excluding tert-OH is 4. The first-order valence-electron chi connectivity index (χ1n) is 4.44. The minimum atomic E-state index is -1.43. The molecule has 5 nitrogen and oxygen atoms in total. The summed E-state index contributed by atoms with van der Waals surface area (Å²) in [4.78, 5) is 0. The summed E-state index contributed by atoms with van der Waals surface area (Å²) in [6.45, 7) is 0. The molecular formula is C8H16O5S. The minimum Gasteiger partial charge on any atom is -0.388 e.